The van der Waals surface area contributed by atoms with Crippen molar-refractivity contribution in [2.45, 2.75) is 46.1 Å². The molecule has 0 amide bonds. The van der Waals surface area contributed by atoms with Gasteiger partial charge in [0, 0.05) is 24.7 Å². The van der Waals surface area contributed by atoms with Crippen molar-refractivity contribution in [3.8, 4) is 5.88 Å². The van der Waals surface area contributed by atoms with Gasteiger partial charge in [-0.2, -0.15) is 0 Å². The Kier molecular flexibility index (Phi) is 5.39. The van der Waals surface area contributed by atoms with E-state index < -0.39 is 0 Å². The highest BCUT2D eigenvalue weighted by Gasteiger charge is 2.22. The van der Waals surface area contributed by atoms with Crippen LogP contribution in [-0.4, -0.2) is 41.7 Å². The Morgan fingerprint density at radius 2 is 2.00 bits per heavy atom. The normalized spacial score (nSPS) is 17.0. The number of aromatic nitrogens is 2. The molecule has 5 nitrogen and oxygen atoms in total. The molecule has 2 heterocycles. The molecule has 0 unspecified atom stereocenters. The number of anilines is 1. The monoisotopic (exact) mass is 292 g/mol. The molecule has 2 rings (SSSR count). The molecule has 0 atom stereocenters. The van der Waals surface area contributed by atoms with Crippen LogP contribution in [0.3, 0.4) is 0 Å². The molecule has 5 heteroatoms. The first-order valence-electron chi connectivity index (χ1n) is 7.93. The molecular formula is C16H28N4O. The molecule has 118 valence electrons. The van der Waals surface area contributed by atoms with Crippen LogP contribution in [0.1, 0.15) is 40.5 Å². The lowest BCUT2D eigenvalue weighted by atomic mass is 9.95. The molecule has 1 aliphatic heterocycles. The van der Waals surface area contributed by atoms with Gasteiger partial charge in [-0.15, -0.1) is 0 Å². The fourth-order valence-electron chi connectivity index (χ4n) is 2.55. The van der Waals surface area contributed by atoms with Crippen molar-refractivity contribution in [3.63, 3.8) is 0 Å². The molecule has 21 heavy (non-hydrogen) atoms. The minimum atomic E-state index is 0.205. The first-order chi connectivity index (χ1) is 9.98. The number of rotatable bonds is 5. The molecule has 1 saturated heterocycles. The zero-order chi connectivity index (χ0) is 15.3. The topological polar surface area (TPSA) is 50.3 Å². The van der Waals surface area contributed by atoms with E-state index in [-0.39, 0.29) is 5.54 Å². The van der Waals surface area contributed by atoms with E-state index in [4.69, 9.17) is 4.74 Å². The van der Waals surface area contributed by atoms with Gasteiger partial charge in [-0.05, 0) is 53.0 Å². The summed E-state index contributed by atoms with van der Waals surface area (Å²) in [4.78, 5) is 10.8. The van der Waals surface area contributed by atoms with E-state index in [1.54, 1.807) is 6.33 Å². The maximum absolute atomic E-state index is 5.45. The fraction of sp³-hybridized carbons (Fsp3) is 0.750. The first kappa shape index (κ1) is 16.0. The van der Waals surface area contributed by atoms with E-state index in [9.17, 15) is 0 Å². The minimum Gasteiger partial charge on any atom is -0.478 e. The van der Waals surface area contributed by atoms with Crippen molar-refractivity contribution < 1.29 is 4.74 Å². The summed E-state index contributed by atoms with van der Waals surface area (Å²) in [6, 6.07) is 1.94. The van der Waals surface area contributed by atoms with Gasteiger partial charge in [0.15, 0.2) is 0 Å². The molecule has 0 bridgehead atoms. The van der Waals surface area contributed by atoms with E-state index in [2.05, 4.69) is 41.0 Å². The largest absolute Gasteiger partial charge is 0.478 e. The van der Waals surface area contributed by atoms with Gasteiger partial charge in [0.05, 0.1) is 6.61 Å². The predicted octanol–water partition coefficient (Wildman–Crippen LogP) is 2.48. The highest BCUT2D eigenvalue weighted by Crippen LogP contribution is 2.23. The average Bonchev–Trinajstić information content (AvgIpc) is 2.46. The maximum atomic E-state index is 5.45. The number of ether oxygens (including phenoxy) is 1. The lowest BCUT2D eigenvalue weighted by Gasteiger charge is -2.34. The zero-order valence-electron chi connectivity index (χ0n) is 13.7. The summed E-state index contributed by atoms with van der Waals surface area (Å²) in [5, 5.41) is 3.61. The van der Waals surface area contributed by atoms with Crippen LogP contribution in [0.25, 0.3) is 0 Å². The summed E-state index contributed by atoms with van der Waals surface area (Å²) in [6.07, 6.45) is 4.00. The van der Waals surface area contributed by atoms with Crippen LogP contribution in [0.4, 0.5) is 5.82 Å². The maximum Gasteiger partial charge on any atom is 0.218 e. The molecule has 0 aliphatic carbocycles. The van der Waals surface area contributed by atoms with Gasteiger partial charge in [-0.25, -0.2) is 9.97 Å². The fourth-order valence-corrected chi connectivity index (χ4v) is 2.55. The third-order valence-corrected chi connectivity index (χ3v) is 3.78. The van der Waals surface area contributed by atoms with E-state index in [0.717, 1.165) is 31.4 Å². The number of hydrogen-bond donors (Lipinski definition) is 1. The molecule has 1 N–H and O–H groups in total. The Labute approximate surface area is 128 Å². The second kappa shape index (κ2) is 7.07. The lowest BCUT2D eigenvalue weighted by Crippen LogP contribution is -2.43. The SMILES string of the molecule is CCOc1cc(N2CCC(CNC(C)(C)C)CC2)ncn1. The molecule has 1 aromatic rings. The van der Waals surface area contributed by atoms with Crippen LogP contribution >= 0.6 is 0 Å². The first-order valence-corrected chi connectivity index (χ1v) is 7.93. The lowest BCUT2D eigenvalue weighted by molar-refractivity contribution is 0.322. The van der Waals surface area contributed by atoms with Crippen molar-refractivity contribution in [3.05, 3.63) is 12.4 Å². The summed E-state index contributed by atoms with van der Waals surface area (Å²) >= 11 is 0. The van der Waals surface area contributed by atoms with Gasteiger partial charge in [0.2, 0.25) is 5.88 Å². The van der Waals surface area contributed by atoms with Crippen molar-refractivity contribution in [1.29, 1.82) is 0 Å². The van der Waals surface area contributed by atoms with Crippen LogP contribution in [-0.2, 0) is 0 Å². The van der Waals surface area contributed by atoms with Gasteiger partial charge < -0.3 is 15.0 Å². The average molecular weight is 292 g/mol. The second-order valence-electron chi connectivity index (χ2n) is 6.71. The molecule has 1 aromatic heterocycles. The van der Waals surface area contributed by atoms with Crippen molar-refractivity contribution in [2.75, 3.05) is 31.1 Å². The summed E-state index contributed by atoms with van der Waals surface area (Å²) < 4.78 is 5.45. The van der Waals surface area contributed by atoms with E-state index in [1.165, 1.54) is 12.8 Å². The van der Waals surface area contributed by atoms with Gasteiger partial charge in [-0.3, -0.25) is 0 Å². The quantitative estimate of drug-likeness (QED) is 0.903. The molecule has 1 fully saturated rings. The van der Waals surface area contributed by atoms with Crippen LogP contribution in [0.15, 0.2) is 12.4 Å². The van der Waals surface area contributed by atoms with Gasteiger partial charge >= 0.3 is 0 Å². The number of nitrogens with one attached hydrogen (secondary N) is 1. The summed E-state index contributed by atoms with van der Waals surface area (Å²) in [5.41, 5.74) is 0.205. The molecule has 1 aliphatic rings. The molecule has 0 saturated carbocycles. The summed E-state index contributed by atoms with van der Waals surface area (Å²) in [6.45, 7) is 12.5. The third-order valence-electron chi connectivity index (χ3n) is 3.78. The molecule has 0 spiro atoms. The predicted molar refractivity (Wildman–Crippen MR) is 85.9 cm³/mol. The van der Waals surface area contributed by atoms with Crippen LogP contribution in [0, 0.1) is 5.92 Å². The Morgan fingerprint density at radius 1 is 1.29 bits per heavy atom. The van der Waals surface area contributed by atoms with E-state index in [1.807, 2.05) is 13.0 Å². The zero-order valence-corrected chi connectivity index (χ0v) is 13.7. The van der Waals surface area contributed by atoms with Gasteiger partial charge in [0.25, 0.3) is 0 Å². The number of nitrogens with zero attached hydrogens (tertiary/aromatic N) is 3. The second-order valence-corrected chi connectivity index (χ2v) is 6.71. The third kappa shape index (κ3) is 5.16. The van der Waals surface area contributed by atoms with Gasteiger partial charge in [-0.1, -0.05) is 0 Å². The van der Waals surface area contributed by atoms with E-state index in [0.29, 0.717) is 12.5 Å². The Bertz CT molecular complexity index is 436. The minimum absolute atomic E-state index is 0.205. The summed E-state index contributed by atoms with van der Waals surface area (Å²) in [5.74, 6) is 2.41. The summed E-state index contributed by atoms with van der Waals surface area (Å²) in [7, 11) is 0. The standard InChI is InChI=1S/C16H28N4O/c1-5-21-15-10-14(17-12-18-15)20-8-6-13(7-9-20)11-19-16(2,3)4/h10,12-13,19H,5-9,11H2,1-4H3. The van der Waals surface area contributed by atoms with Crippen molar-refractivity contribution in [1.82, 2.24) is 15.3 Å². The molecule has 0 aromatic carbocycles. The molecular weight excluding hydrogens is 264 g/mol. The van der Waals surface area contributed by atoms with Crippen LogP contribution < -0.4 is 15.0 Å². The highest BCUT2D eigenvalue weighted by atomic mass is 16.5. The Balaban J connectivity index is 1.84. The number of hydrogen-bond acceptors (Lipinski definition) is 5. The smallest absolute Gasteiger partial charge is 0.218 e. The van der Waals surface area contributed by atoms with Crippen LogP contribution in [0.2, 0.25) is 0 Å². The Hall–Kier alpha value is -1.36. The van der Waals surface area contributed by atoms with Crippen molar-refractivity contribution >= 4 is 5.82 Å². The Morgan fingerprint density at radius 3 is 2.62 bits per heavy atom. The van der Waals surface area contributed by atoms with Crippen LogP contribution in [0.5, 0.6) is 5.88 Å². The highest BCUT2D eigenvalue weighted by molar-refractivity contribution is 5.41. The molecule has 0 radical (unpaired) electrons. The van der Waals surface area contributed by atoms with Gasteiger partial charge in [0.1, 0.15) is 12.1 Å². The van der Waals surface area contributed by atoms with Crippen molar-refractivity contribution in [2.24, 2.45) is 5.92 Å². The van der Waals surface area contributed by atoms with E-state index >= 15 is 0 Å². The number of piperidine rings is 1.